The first-order valence-electron chi connectivity index (χ1n) is 8.47. The zero-order chi connectivity index (χ0) is 19.7. The van der Waals surface area contributed by atoms with Gasteiger partial charge in [0.15, 0.2) is 5.13 Å². The van der Waals surface area contributed by atoms with Crippen molar-refractivity contribution in [2.24, 2.45) is 0 Å². The molecule has 28 heavy (non-hydrogen) atoms. The number of methoxy groups -OCH3 is 1. The Morgan fingerprint density at radius 2 is 2.11 bits per heavy atom. The van der Waals surface area contributed by atoms with Gasteiger partial charge in [0.05, 0.1) is 30.4 Å². The Bertz CT molecular complexity index is 1080. The third kappa shape index (κ3) is 3.39. The predicted octanol–water partition coefficient (Wildman–Crippen LogP) is 2.61. The van der Waals surface area contributed by atoms with Crippen molar-refractivity contribution in [3.63, 3.8) is 0 Å². The van der Waals surface area contributed by atoms with Gasteiger partial charge < -0.3 is 10.1 Å². The fraction of sp³-hybridized carbons (Fsp3) is 0.158. The van der Waals surface area contributed by atoms with E-state index in [-0.39, 0.29) is 24.9 Å². The number of ether oxygens (including phenoxy) is 1. The lowest BCUT2D eigenvalue weighted by atomic mass is 10.1. The maximum absolute atomic E-state index is 12.8. The maximum Gasteiger partial charge on any atom is 0.324 e. The number of fused-ring (bicyclic) bond motifs is 1. The number of aromatic nitrogens is 1. The van der Waals surface area contributed by atoms with Crippen LogP contribution < -0.4 is 15.4 Å². The molecule has 9 heteroatoms. The highest BCUT2D eigenvalue weighted by molar-refractivity contribution is 7.22. The smallest absolute Gasteiger partial charge is 0.324 e. The summed E-state index contributed by atoms with van der Waals surface area (Å²) in [5.74, 6) is 0.0435. The minimum absolute atomic E-state index is 0.0254. The van der Waals surface area contributed by atoms with Crippen LogP contribution in [0.3, 0.4) is 0 Å². The number of carbonyl (C=O) groups is 3. The van der Waals surface area contributed by atoms with Crippen molar-refractivity contribution in [1.82, 2.24) is 15.2 Å². The van der Waals surface area contributed by atoms with Crippen LogP contribution in [0.5, 0.6) is 5.75 Å². The van der Waals surface area contributed by atoms with Crippen molar-refractivity contribution in [3.8, 4) is 5.75 Å². The second kappa shape index (κ2) is 7.28. The normalized spacial score (nSPS) is 13.7. The lowest BCUT2D eigenvalue weighted by molar-refractivity contribution is -0.125. The number of carbonyl (C=O) groups excluding carboxylic acids is 3. The van der Waals surface area contributed by atoms with Crippen LogP contribution in [0.1, 0.15) is 15.9 Å². The van der Waals surface area contributed by atoms with E-state index in [1.165, 1.54) is 11.3 Å². The number of amides is 4. The van der Waals surface area contributed by atoms with Gasteiger partial charge >= 0.3 is 6.03 Å². The highest BCUT2D eigenvalue weighted by Gasteiger charge is 2.29. The number of hydrogen-bond donors (Lipinski definition) is 2. The van der Waals surface area contributed by atoms with E-state index in [9.17, 15) is 14.4 Å². The molecule has 1 aliphatic rings. The van der Waals surface area contributed by atoms with Gasteiger partial charge in [0.25, 0.3) is 5.91 Å². The largest absolute Gasteiger partial charge is 0.497 e. The van der Waals surface area contributed by atoms with E-state index in [4.69, 9.17) is 4.74 Å². The molecule has 2 heterocycles. The van der Waals surface area contributed by atoms with Crippen LogP contribution >= 0.6 is 11.3 Å². The standard InChI is InChI=1S/C19H16N4O4S/c1-27-12-6-7-14-15(8-12)28-18(21-14)22-17(25)13-5-3-2-4-11(13)10-23-16(24)9-20-19(23)26/h2-8H,9-10H2,1H3,(H,20,26)(H,21,22,25). The topological polar surface area (TPSA) is 101 Å². The highest BCUT2D eigenvalue weighted by atomic mass is 32.1. The average molecular weight is 396 g/mol. The van der Waals surface area contributed by atoms with Crippen LogP contribution in [-0.2, 0) is 11.3 Å². The zero-order valence-corrected chi connectivity index (χ0v) is 15.7. The number of anilines is 1. The molecule has 1 aromatic heterocycles. The summed E-state index contributed by atoms with van der Waals surface area (Å²) >= 11 is 1.34. The molecule has 0 spiro atoms. The van der Waals surface area contributed by atoms with Gasteiger partial charge in [0.1, 0.15) is 5.75 Å². The van der Waals surface area contributed by atoms with Crippen molar-refractivity contribution in [2.45, 2.75) is 6.54 Å². The molecule has 3 aromatic rings. The Morgan fingerprint density at radius 3 is 2.86 bits per heavy atom. The summed E-state index contributed by atoms with van der Waals surface area (Å²) < 4.78 is 6.10. The number of imide groups is 1. The summed E-state index contributed by atoms with van der Waals surface area (Å²) in [5.41, 5.74) is 1.72. The Labute approximate surface area is 164 Å². The van der Waals surface area contributed by atoms with Gasteiger partial charge in [-0.05, 0) is 29.8 Å². The van der Waals surface area contributed by atoms with Crippen LogP contribution in [0, 0.1) is 0 Å². The summed E-state index contributed by atoms with van der Waals surface area (Å²) in [6.07, 6.45) is 0. The van der Waals surface area contributed by atoms with Crippen molar-refractivity contribution >= 4 is 44.5 Å². The summed E-state index contributed by atoms with van der Waals surface area (Å²) in [7, 11) is 1.59. The van der Waals surface area contributed by atoms with Crippen LogP contribution in [0.15, 0.2) is 42.5 Å². The number of hydrogen-bond acceptors (Lipinski definition) is 6. The Hall–Kier alpha value is -3.46. The summed E-state index contributed by atoms with van der Waals surface area (Å²) in [6.45, 7) is 0.00761. The Balaban J connectivity index is 1.57. The SMILES string of the molecule is COc1ccc2nc(NC(=O)c3ccccc3CN3C(=O)CNC3=O)sc2c1. The number of rotatable bonds is 5. The van der Waals surface area contributed by atoms with E-state index in [1.54, 1.807) is 37.4 Å². The molecule has 0 aliphatic carbocycles. The first-order chi connectivity index (χ1) is 13.5. The van der Waals surface area contributed by atoms with E-state index in [2.05, 4.69) is 15.6 Å². The summed E-state index contributed by atoms with van der Waals surface area (Å²) in [6, 6.07) is 11.9. The Morgan fingerprint density at radius 1 is 1.29 bits per heavy atom. The van der Waals surface area contributed by atoms with Gasteiger partial charge in [0.2, 0.25) is 5.91 Å². The van der Waals surface area contributed by atoms with Crippen molar-refractivity contribution < 1.29 is 19.1 Å². The molecule has 0 atom stereocenters. The monoisotopic (exact) mass is 396 g/mol. The molecule has 4 rings (SSSR count). The molecule has 1 saturated heterocycles. The van der Waals surface area contributed by atoms with Crippen LogP contribution in [-0.4, -0.2) is 41.4 Å². The summed E-state index contributed by atoms with van der Waals surface area (Å²) in [5, 5.41) is 5.72. The molecule has 2 N–H and O–H groups in total. The molecule has 0 saturated carbocycles. The zero-order valence-electron chi connectivity index (χ0n) is 14.9. The van der Waals surface area contributed by atoms with Gasteiger partial charge in [0, 0.05) is 5.56 Å². The maximum atomic E-state index is 12.8. The van der Waals surface area contributed by atoms with Gasteiger partial charge in [-0.25, -0.2) is 9.78 Å². The molecule has 1 aliphatic heterocycles. The number of urea groups is 1. The molecule has 4 amide bonds. The van der Waals surface area contributed by atoms with E-state index in [1.807, 2.05) is 12.1 Å². The van der Waals surface area contributed by atoms with Crippen molar-refractivity contribution in [3.05, 3.63) is 53.6 Å². The molecule has 8 nitrogen and oxygen atoms in total. The van der Waals surface area contributed by atoms with Gasteiger partial charge in [-0.2, -0.15) is 0 Å². The molecular formula is C19H16N4O4S. The molecule has 142 valence electrons. The van der Waals surface area contributed by atoms with Crippen molar-refractivity contribution in [1.29, 1.82) is 0 Å². The molecular weight excluding hydrogens is 380 g/mol. The Kier molecular flexibility index (Phi) is 4.66. The fourth-order valence-electron chi connectivity index (χ4n) is 2.92. The average Bonchev–Trinajstić information content (AvgIpc) is 3.24. The molecule has 0 radical (unpaired) electrons. The van der Waals surface area contributed by atoms with Crippen LogP contribution in [0.2, 0.25) is 0 Å². The third-order valence-electron chi connectivity index (χ3n) is 4.34. The van der Waals surface area contributed by atoms with Crippen molar-refractivity contribution in [2.75, 3.05) is 19.0 Å². The second-order valence-corrected chi connectivity index (χ2v) is 7.13. The van der Waals surface area contributed by atoms with Gasteiger partial charge in [-0.15, -0.1) is 0 Å². The third-order valence-corrected chi connectivity index (χ3v) is 5.28. The highest BCUT2D eigenvalue weighted by Crippen LogP contribution is 2.29. The van der Waals surface area contributed by atoms with E-state index < -0.39 is 6.03 Å². The lowest BCUT2D eigenvalue weighted by Crippen LogP contribution is -2.31. The van der Waals surface area contributed by atoms with Crippen LogP contribution in [0.25, 0.3) is 10.2 Å². The van der Waals surface area contributed by atoms with Gasteiger partial charge in [-0.1, -0.05) is 29.5 Å². The fourth-order valence-corrected chi connectivity index (χ4v) is 3.80. The minimum Gasteiger partial charge on any atom is -0.497 e. The number of benzene rings is 2. The second-order valence-electron chi connectivity index (χ2n) is 6.10. The first-order valence-corrected chi connectivity index (χ1v) is 9.29. The van der Waals surface area contributed by atoms with Crippen LogP contribution in [0.4, 0.5) is 9.93 Å². The van der Waals surface area contributed by atoms with E-state index in [0.29, 0.717) is 22.0 Å². The first kappa shape index (κ1) is 17.9. The van der Waals surface area contributed by atoms with Gasteiger partial charge in [-0.3, -0.25) is 19.8 Å². The predicted molar refractivity (Wildman–Crippen MR) is 105 cm³/mol. The quantitative estimate of drug-likeness (QED) is 0.646. The molecule has 0 unspecified atom stereocenters. The van der Waals surface area contributed by atoms with E-state index in [0.717, 1.165) is 15.1 Å². The lowest BCUT2D eigenvalue weighted by Gasteiger charge is -2.15. The van der Waals surface area contributed by atoms with E-state index >= 15 is 0 Å². The molecule has 0 bridgehead atoms. The number of thiazole rings is 1. The molecule has 1 fully saturated rings. The number of nitrogens with one attached hydrogen (secondary N) is 2. The minimum atomic E-state index is -0.458. The summed E-state index contributed by atoms with van der Waals surface area (Å²) in [4.78, 5) is 41.9. The number of nitrogens with zero attached hydrogens (tertiary/aromatic N) is 2. The molecule has 2 aromatic carbocycles.